The second kappa shape index (κ2) is 10.5. The Morgan fingerprint density at radius 1 is 0.906 bits per heavy atom. The minimum Gasteiger partial charge on any atom is -0.390 e. The first-order valence-corrected chi connectivity index (χ1v) is 10.8. The molecule has 4 aliphatic heterocycles. The summed E-state index contributed by atoms with van der Waals surface area (Å²) in [6.45, 7) is 2.27. The summed E-state index contributed by atoms with van der Waals surface area (Å²) in [5.41, 5.74) is 0.818. The van der Waals surface area contributed by atoms with Gasteiger partial charge in [0.25, 0.3) is 0 Å². The van der Waals surface area contributed by atoms with Crippen LogP contribution in [-0.2, 0) is 28.4 Å². The number of benzene rings is 1. The molecular formula is C21H28B2O9. The second-order valence-corrected chi connectivity index (χ2v) is 8.26. The molecule has 4 aliphatic rings. The Bertz CT molecular complexity index is 726. The highest BCUT2D eigenvalue weighted by molar-refractivity contribution is 6.31. The second-order valence-electron chi connectivity index (χ2n) is 8.26. The summed E-state index contributed by atoms with van der Waals surface area (Å²) in [7, 11) is 9.25. The first kappa shape index (κ1) is 24.1. The lowest BCUT2D eigenvalue weighted by atomic mass is 9.88. The highest BCUT2D eigenvalue weighted by Crippen LogP contribution is 2.38. The third-order valence-corrected chi connectivity index (χ3v) is 6.10. The van der Waals surface area contributed by atoms with Crippen molar-refractivity contribution in [3.63, 3.8) is 0 Å². The van der Waals surface area contributed by atoms with Crippen LogP contribution in [-0.4, -0.2) is 99.5 Å². The minimum atomic E-state index is -1.35. The van der Waals surface area contributed by atoms with E-state index in [-0.39, 0.29) is 18.7 Å². The monoisotopic (exact) mass is 446 g/mol. The molecule has 2 bridgehead atoms. The van der Waals surface area contributed by atoms with Crippen LogP contribution in [0.3, 0.4) is 0 Å². The Hall–Kier alpha value is -1.01. The Morgan fingerprint density at radius 2 is 1.59 bits per heavy atom. The molecule has 32 heavy (non-hydrogen) atoms. The summed E-state index contributed by atoms with van der Waals surface area (Å²) in [6, 6.07) is 9.37. The maximum absolute atomic E-state index is 10.7. The number of hydrogen-bond acceptors (Lipinski definition) is 9. The van der Waals surface area contributed by atoms with E-state index < -0.39 is 61.6 Å². The number of hydrogen-bond donors (Lipinski definition) is 3. The van der Waals surface area contributed by atoms with E-state index in [0.29, 0.717) is 6.61 Å². The van der Waals surface area contributed by atoms with Crippen LogP contribution < -0.4 is 0 Å². The standard InChI is InChI=1S/C20H26O9.CH2B2/c1-9-13(21)16(11-7-24-18(9)26-11)29-20-15(23)14(22)17-12(27-20)8-25-19(28-17)10-5-3-2-4-6-10;2-1-3/h2-6,9,11-23H,7-8H2,1H3;1H2/t9?,11?,12-,13+,14+,15?,16+,17+,18+,19?,20-;/m0./s1. The van der Waals surface area contributed by atoms with E-state index >= 15 is 0 Å². The Morgan fingerprint density at radius 3 is 2.31 bits per heavy atom. The van der Waals surface area contributed by atoms with E-state index in [1.54, 1.807) is 0 Å². The van der Waals surface area contributed by atoms with Crippen LogP contribution in [0.1, 0.15) is 18.8 Å². The van der Waals surface area contributed by atoms with E-state index in [1.807, 2.05) is 37.3 Å². The van der Waals surface area contributed by atoms with Crippen molar-refractivity contribution in [2.24, 2.45) is 5.92 Å². The molecule has 4 heterocycles. The van der Waals surface area contributed by atoms with Crippen molar-refractivity contribution in [2.75, 3.05) is 13.2 Å². The molecule has 4 fully saturated rings. The molecule has 1 aromatic carbocycles. The molecule has 3 N–H and O–H groups in total. The van der Waals surface area contributed by atoms with Gasteiger partial charge in [0.05, 0.1) is 35.0 Å². The molecule has 172 valence electrons. The maximum atomic E-state index is 10.7. The average molecular weight is 446 g/mol. The summed E-state index contributed by atoms with van der Waals surface area (Å²) in [6.07, 6.45) is -8.03. The van der Waals surface area contributed by atoms with Crippen LogP contribution >= 0.6 is 0 Å². The Kier molecular flexibility index (Phi) is 7.92. The van der Waals surface area contributed by atoms with Gasteiger partial charge in [-0.25, -0.2) is 0 Å². The maximum Gasteiger partial charge on any atom is 0.187 e. The van der Waals surface area contributed by atoms with Crippen LogP contribution in [0, 0.1) is 5.92 Å². The fourth-order valence-electron chi connectivity index (χ4n) is 4.36. The molecule has 0 amide bonds. The van der Waals surface area contributed by atoms with E-state index in [9.17, 15) is 15.3 Å². The summed E-state index contributed by atoms with van der Waals surface area (Å²) < 4.78 is 34.6. The summed E-state index contributed by atoms with van der Waals surface area (Å²) in [5, 5.41) is 31.8. The number of aliphatic hydroxyl groups is 3. The van der Waals surface area contributed by atoms with Crippen LogP contribution in [0.4, 0.5) is 0 Å². The number of rotatable bonds is 3. The van der Waals surface area contributed by atoms with Gasteiger partial charge in [-0.15, -0.1) is 6.22 Å². The molecule has 11 atom stereocenters. The van der Waals surface area contributed by atoms with Gasteiger partial charge >= 0.3 is 0 Å². The van der Waals surface area contributed by atoms with Crippen molar-refractivity contribution in [3.05, 3.63) is 35.9 Å². The summed E-state index contributed by atoms with van der Waals surface area (Å²) in [5.74, 6) is -0.287. The first-order valence-electron chi connectivity index (χ1n) is 10.8. The highest BCUT2D eigenvalue weighted by Gasteiger charge is 2.54. The van der Waals surface area contributed by atoms with Crippen molar-refractivity contribution in [1.29, 1.82) is 0 Å². The third kappa shape index (κ3) is 4.77. The van der Waals surface area contributed by atoms with Gasteiger partial charge in [0.1, 0.15) is 36.6 Å². The van der Waals surface area contributed by atoms with E-state index in [2.05, 4.69) is 15.7 Å². The normalized spacial score (nSPS) is 45.4. The predicted octanol–water partition coefficient (Wildman–Crippen LogP) is -0.616. The average Bonchev–Trinajstić information content (AvgIpc) is 3.26. The zero-order valence-corrected chi connectivity index (χ0v) is 17.8. The molecule has 4 unspecified atom stereocenters. The topological polar surface area (TPSA) is 116 Å². The van der Waals surface area contributed by atoms with Crippen molar-refractivity contribution in [1.82, 2.24) is 0 Å². The molecule has 5 rings (SSSR count). The lowest BCUT2D eigenvalue weighted by molar-refractivity contribution is -0.375. The predicted molar refractivity (Wildman–Crippen MR) is 112 cm³/mol. The molecule has 0 spiro atoms. The Labute approximate surface area is 189 Å². The third-order valence-electron chi connectivity index (χ3n) is 6.10. The number of aliphatic hydroxyl groups excluding tert-OH is 3. The van der Waals surface area contributed by atoms with Gasteiger partial charge in [-0.1, -0.05) is 37.3 Å². The largest absolute Gasteiger partial charge is 0.390 e. The molecule has 4 radical (unpaired) electrons. The fourth-order valence-corrected chi connectivity index (χ4v) is 4.36. The lowest BCUT2D eigenvalue weighted by Crippen LogP contribution is -2.64. The quantitative estimate of drug-likeness (QED) is 0.523. The fraction of sp³-hybridized carbons (Fsp3) is 0.714. The molecule has 9 nitrogen and oxygen atoms in total. The van der Waals surface area contributed by atoms with Gasteiger partial charge in [-0.05, 0) is 0 Å². The summed E-state index contributed by atoms with van der Waals surface area (Å²) in [4.78, 5) is 0. The number of fused-ring (bicyclic) bond motifs is 3. The zero-order valence-electron chi connectivity index (χ0n) is 17.8. The molecule has 4 saturated heterocycles. The van der Waals surface area contributed by atoms with Gasteiger partial charge < -0.3 is 43.7 Å². The summed E-state index contributed by atoms with van der Waals surface area (Å²) >= 11 is 0. The number of ether oxygens (including phenoxy) is 6. The van der Waals surface area contributed by atoms with Crippen LogP contribution in [0.15, 0.2) is 30.3 Å². The van der Waals surface area contributed by atoms with E-state index in [1.165, 1.54) is 0 Å². The molecule has 0 aliphatic carbocycles. The van der Waals surface area contributed by atoms with E-state index in [0.717, 1.165) is 5.56 Å². The van der Waals surface area contributed by atoms with Crippen LogP contribution in [0.2, 0.25) is 6.22 Å². The Balaban J connectivity index is 0.000000775. The highest BCUT2D eigenvalue weighted by atomic mass is 16.8. The molecular weight excluding hydrogens is 418 g/mol. The molecule has 11 heteroatoms. The lowest BCUT2D eigenvalue weighted by Gasteiger charge is -2.47. The first-order chi connectivity index (χ1) is 15.4. The molecule has 1 aromatic rings. The van der Waals surface area contributed by atoms with E-state index in [4.69, 9.17) is 28.4 Å². The van der Waals surface area contributed by atoms with Crippen molar-refractivity contribution < 1.29 is 43.7 Å². The minimum absolute atomic E-state index is 0.169. The smallest absolute Gasteiger partial charge is 0.187 e. The van der Waals surface area contributed by atoms with Crippen molar-refractivity contribution >= 4 is 15.7 Å². The van der Waals surface area contributed by atoms with Gasteiger partial charge in [-0.2, -0.15) is 0 Å². The zero-order chi connectivity index (χ0) is 22.8. The van der Waals surface area contributed by atoms with Crippen molar-refractivity contribution in [3.8, 4) is 0 Å². The van der Waals surface area contributed by atoms with Crippen molar-refractivity contribution in [2.45, 2.75) is 74.7 Å². The van der Waals surface area contributed by atoms with Gasteiger partial charge in [0.2, 0.25) is 0 Å². The van der Waals surface area contributed by atoms with Gasteiger partial charge in [-0.3, -0.25) is 0 Å². The van der Waals surface area contributed by atoms with Gasteiger partial charge in [0.15, 0.2) is 18.9 Å². The molecule has 0 saturated carbocycles. The van der Waals surface area contributed by atoms with Gasteiger partial charge in [0, 0.05) is 11.5 Å². The van der Waals surface area contributed by atoms with Crippen LogP contribution in [0.5, 0.6) is 0 Å². The SMILES string of the molecule is CC1[C@@H]2OCC(O2)[C@@H](O[C@@H]2O[C@H]3COC(c4ccccc4)O[C@H]3[C@H](O)C2O)[C@@H]1O.[B]C[B]. The molecule has 0 aromatic heterocycles. The van der Waals surface area contributed by atoms with Crippen LogP contribution in [0.25, 0.3) is 0 Å².